The van der Waals surface area contributed by atoms with Crippen molar-refractivity contribution in [2.24, 2.45) is 11.8 Å². The number of rotatable bonds is 4. The smallest absolute Gasteiger partial charge is 0.317 e. The number of nitrogens with zero attached hydrogens (tertiary/aromatic N) is 3. The summed E-state index contributed by atoms with van der Waals surface area (Å²) in [6.07, 6.45) is 1.63. The minimum atomic E-state index is -0.803. The molecule has 3 heterocycles. The van der Waals surface area contributed by atoms with Crippen LogP contribution in [0.15, 0.2) is 48.8 Å². The molecule has 11 nitrogen and oxygen atoms in total. The van der Waals surface area contributed by atoms with E-state index in [0.29, 0.717) is 25.2 Å². The Morgan fingerprint density at radius 1 is 1.08 bits per heavy atom. The summed E-state index contributed by atoms with van der Waals surface area (Å²) in [5.74, 6) is -0.291. The fourth-order valence-electron chi connectivity index (χ4n) is 5.22. The lowest BCUT2D eigenvalue weighted by molar-refractivity contribution is -0.138. The van der Waals surface area contributed by atoms with E-state index >= 15 is 0 Å². The molecule has 5 rings (SSSR count). The number of carbonyl (C=O) groups is 4. The van der Waals surface area contributed by atoms with Crippen molar-refractivity contribution in [3.05, 3.63) is 65.5 Å². The number of amides is 1. The molecule has 3 atom stereocenters. The number of hydrogen-bond donors (Lipinski definition) is 4. The predicted molar refractivity (Wildman–Crippen MR) is 129 cm³/mol. The molecule has 1 amide bonds. The van der Waals surface area contributed by atoms with E-state index in [0.717, 1.165) is 22.2 Å². The second-order valence-corrected chi connectivity index (χ2v) is 8.62. The largest absolute Gasteiger partial charge is 0.483 e. The highest BCUT2D eigenvalue weighted by molar-refractivity contribution is 5.97. The van der Waals surface area contributed by atoms with Gasteiger partial charge in [-0.15, -0.1) is 0 Å². The zero-order chi connectivity index (χ0) is 26.2. The number of aromatic nitrogens is 2. The molecule has 190 valence electrons. The number of imidazole rings is 1. The van der Waals surface area contributed by atoms with Crippen molar-refractivity contribution in [1.29, 1.82) is 0 Å². The van der Waals surface area contributed by atoms with Gasteiger partial charge in [-0.05, 0) is 42.2 Å². The van der Waals surface area contributed by atoms with Crippen molar-refractivity contribution < 1.29 is 34.5 Å². The van der Waals surface area contributed by atoms with Crippen LogP contribution in [0.3, 0.4) is 0 Å². The standard InChI is InChI=1S/C23H24N4O3.2CH2O2/c1-14-4-2-3-5-17(14)22-18-11-26(12-21(28)29)9-16(18)10-27(22)23(30)15-6-7-19-20(8-15)25-13-24-19;2*2-1-3/h2-8,13,16,18,22H,9-12H2,1H3,(H,24,25)(H,28,29);2*1H,(H,2,3)/t16-,18-,22+;;/m0../s1. The van der Waals surface area contributed by atoms with Gasteiger partial charge in [-0.25, -0.2) is 4.98 Å². The van der Waals surface area contributed by atoms with E-state index in [9.17, 15) is 14.7 Å². The molecule has 0 radical (unpaired) electrons. The van der Waals surface area contributed by atoms with Gasteiger partial charge >= 0.3 is 5.97 Å². The number of likely N-dealkylation sites (tertiary alicyclic amines) is 2. The van der Waals surface area contributed by atoms with Gasteiger partial charge in [0, 0.05) is 31.1 Å². The molecule has 1 aromatic heterocycles. The van der Waals surface area contributed by atoms with Gasteiger partial charge in [0.1, 0.15) is 0 Å². The first-order valence-corrected chi connectivity index (χ1v) is 11.2. The minimum absolute atomic E-state index is 0.0129. The fourth-order valence-corrected chi connectivity index (χ4v) is 5.22. The number of aliphatic carboxylic acids is 1. The van der Waals surface area contributed by atoms with E-state index in [1.54, 1.807) is 6.33 Å². The average Bonchev–Trinajstić information content (AvgIpc) is 3.53. The van der Waals surface area contributed by atoms with Crippen LogP contribution in [0, 0.1) is 18.8 Å². The van der Waals surface area contributed by atoms with Gasteiger partial charge in [0.2, 0.25) is 0 Å². The first-order chi connectivity index (χ1) is 17.3. The summed E-state index contributed by atoms with van der Waals surface area (Å²) in [7, 11) is 0. The van der Waals surface area contributed by atoms with Crippen LogP contribution in [0.4, 0.5) is 0 Å². The number of aromatic amines is 1. The Balaban J connectivity index is 0.000000550. The lowest BCUT2D eigenvalue weighted by Gasteiger charge is -2.31. The van der Waals surface area contributed by atoms with Crippen molar-refractivity contribution in [3.8, 4) is 0 Å². The Hall–Kier alpha value is -4.25. The molecule has 4 N–H and O–H groups in total. The zero-order valence-corrected chi connectivity index (χ0v) is 19.7. The van der Waals surface area contributed by atoms with Crippen molar-refractivity contribution in [3.63, 3.8) is 0 Å². The third kappa shape index (κ3) is 5.69. The quantitative estimate of drug-likeness (QED) is 0.396. The van der Waals surface area contributed by atoms with Crippen molar-refractivity contribution in [2.45, 2.75) is 13.0 Å². The van der Waals surface area contributed by atoms with E-state index in [2.05, 4.69) is 29.0 Å². The second-order valence-electron chi connectivity index (χ2n) is 8.62. The maximum Gasteiger partial charge on any atom is 0.317 e. The number of carbonyl (C=O) groups excluding carboxylic acids is 1. The first kappa shape index (κ1) is 26.4. The van der Waals surface area contributed by atoms with Crippen LogP contribution >= 0.6 is 0 Å². The van der Waals surface area contributed by atoms with Gasteiger partial charge < -0.3 is 25.2 Å². The highest BCUT2D eigenvalue weighted by Gasteiger charge is 2.49. The molecule has 2 aliphatic heterocycles. The summed E-state index contributed by atoms with van der Waals surface area (Å²) >= 11 is 0. The predicted octanol–water partition coefficient (Wildman–Crippen LogP) is 2.10. The molecule has 0 spiro atoms. The Bertz CT molecular complexity index is 1220. The van der Waals surface area contributed by atoms with Gasteiger partial charge in [0.25, 0.3) is 18.9 Å². The molecule has 2 saturated heterocycles. The zero-order valence-electron chi connectivity index (χ0n) is 19.7. The molecule has 0 saturated carbocycles. The van der Waals surface area contributed by atoms with Crippen molar-refractivity contribution in [2.75, 3.05) is 26.2 Å². The molecule has 36 heavy (non-hydrogen) atoms. The van der Waals surface area contributed by atoms with Crippen LogP contribution in [-0.4, -0.2) is 86.1 Å². The van der Waals surface area contributed by atoms with Crippen LogP contribution in [-0.2, 0) is 14.4 Å². The highest BCUT2D eigenvalue weighted by atomic mass is 16.4. The Labute approximate surface area is 207 Å². The number of benzene rings is 2. The summed E-state index contributed by atoms with van der Waals surface area (Å²) in [4.78, 5) is 52.8. The monoisotopic (exact) mass is 496 g/mol. The van der Waals surface area contributed by atoms with Crippen LogP contribution < -0.4 is 0 Å². The third-order valence-corrected chi connectivity index (χ3v) is 6.53. The number of hydrogen-bond acceptors (Lipinski definition) is 6. The van der Waals surface area contributed by atoms with Crippen LogP contribution in [0.5, 0.6) is 0 Å². The topological polar surface area (TPSA) is 164 Å². The van der Waals surface area contributed by atoms with Crippen LogP contribution in [0.2, 0.25) is 0 Å². The second kappa shape index (κ2) is 11.9. The summed E-state index contributed by atoms with van der Waals surface area (Å²) in [5.41, 5.74) is 4.64. The molecule has 2 aliphatic rings. The normalized spacial score (nSPS) is 20.5. The number of aryl methyl sites for hydroxylation is 1. The van der Waals surface area contributed by atoms with Crippen LogP contribution in [0.1, 0.15) is 27.5 Å². The van der Waals surface area contributed by atoms with Gasteiger partial charge in [-0.2, -0.15) is 0 Å². The molecule has 11 heteroatoms. The maximum atomic E-state index is 13.6. The molecule has 2 fully saturated rings. The highest BCUT2D eigenvalue weighted by Crippen LogP contribution is 2.46. The summed E-state index contributed by atoms with van der Waals surface area (Å²) in [6.45, 7) is 3.67. The number of nitrogens with one attached hydrogen (secondary N) is 1. The van der Waals surface area contributed by atoms with Gasteiger partial charge in [-0.1, -0.05) is 24.3 Å². The van der Waals surface area contributed by atoms with E-state index in [-0.39, 0.29) is 43.3 Å². The molecule has 0 aliphatic carbocycles. The number of carboxylic acid groups (broad SMARTS) is 3. The molecule has 0 unspecified atom stereocenters. The molecule has 2 aromatic carbocycles. The van der Waals surface area contributed by atoms with Gasteiger partial charge in [0.15, 0.2) is 0 Å². The average molecular weight is 497 g/mol. The Morgan fingerprint density at radius 3 is 2.44 bits per heavy atom. The van der Waals surface area contributed by atoms with Gasteiger partial charge in [0.05, 0.1) is 29.9 Å². The number of fused-ring (bicyclic) bond motifs is 2. The SMILES string of the molecule is Cc1ccccc1[C@@H]1[C@H]2CN(CC(=O)O)C[C@H]2CN1C(=O)c1ccc2nc[nH]c2c1.O=CO.O=CO. The van der Waals surface area contributed by atoms with Crippen LogP contribution in [0.25, 0.3) is 11.0 Å². The van der Waals surface area contributed by atoms with Crippen molar-refractivity contribution in [1.82, 2.24) is 19.8 Å². The number of carboxylic acids is 1. The lowest BCUT2D eigenvalue weighted by atomic mass is 9.87. The fraction of sp³-hybridized carbons (Fsp3) is 0.320. The lowest BCUT2D eigenvalue weighted by Crippen LogP contribution is -2.37. The van der Waals surface area contributed by atoms with E-state index in [4.69, 9.17) is 19.8 Å². The third-order valence-electron chi connectivity index (χ3n) is 6.53. The van der Waals surface area contributed by atoms with E-state index in [1.807, 2.05) is 40.1 Å². The summed E-state index contributed by atoms with van der Waals surface area (Å²) < 4.78 is 0. The molecular formula is C25H28N4O7. The van der Waals surface area contributed by atoms with Crippen molar-refractivity contribution >= 4 is 35.9 Å². The van der Waals surface area contributed by atoms with E-state index < -0.39 is 5.97 Å². The Morgan fingerprint density at radius 2 is 1.78 bits per heavy atom. The summed E-state index contributed by atoms with van der Waals surface area (Å²) in [6, 6.07) is 13.7. The first-order valence-electron chi connectivity index (χ1n) is 11.2. The molecule has 0 bridgehead atoms. The molecular weight excluding hydrogens is 468 g/mol. The number of H-pyrrole nitrogens is 1. The Kier molecular flexibility index (Phi) is 8.74. The van der Waals surface area contributed by atoms with E-state index in [1.165, 1.54) is 0 Å². The maximum absolute atomic E-state index is 13.6. The minimum Gasteiger partial charge on any atom is -0.483 e. The summed E-state index contributed by atoms with van der Waals surface area (Å²) in [5, 5.41) is 23.0. The van der Waals surface area contributed by atoms with Gasteiger partial charge in [-0.3, -0.25) is 24.1 Å². The molecule has 3 aromatic rings.